The lowest BCUT2D eigenvalue weighted by Gasteiger charge is -2.27. The molecule has 1 atom stereocenters. The number of carbonyl (C=O) groups excluding carboxylic acids is 1. The van der Waals surface area contributed by atoms with E-state index in [4.69, 9.17) is 0 Å². The molecule has 0 aromatic rings. The van der Waals surface area contributed by atoms with Gasteiger partial charge in [0, 0.05) is 19.0 Å². The topological polar surface area (TPSA) is 20.3 Å². The van der Waals surface area contributed by atoms with Gasteiger partial charge in [-0.05, 0) is 38.0 Å². The van der Waals surface area contributed by atoms with Crippen LogP contribution in [0.25, 0.3) is 0 Å². The molecule has 1 aliphatic carbocycles. The summed E-state index contributed by atoms with van der Waals surface area (Å²) in [6.45, 7) is 3.22. The smallest absolute Gasteiger partial charge is 0.223 e. The van der Waals surface area contributed by atoms with E-state index in [0.29, 0.717) is 17.9 Å². The Morgan fingerprint density at radius 1 is 1.12 bits per heavy atom. The zero-order valence-corrected chi connectivity index (χ0v) is 10.6. The molecule has 0 radical (unpaired) electrons. The summed E-state index contributed by atoms with van der Waals surface area (Å²) in [4.78, 5) is 14.4. The average molecular weight is 223 g/mol. The number of hydrogen-bond donors (Lipinski definition) is 0. The first kappa shape index (κ1) is 11.9. The van der Waals surface area contributed by atoms with Crippen molar-refractivity contribution in [3.8, 4) is 0 Å². The van der Waals surface area contributed by atoms with Gasteiger partial charge in [0.05, 0.1) is 0 Å². The number of nitrogens with zero attached hydrogens (tertiary/aromatic N) is 1. The summed E-state index contributed by atoms with van der Waals surface area (Å²) in [5.41, 5.74) is 0. The van der Waals surface area contributed by atoms with E-state index >= 15 is 0 Å². The Morgan fingerprint density at radius 3 is 2.56 bits per heavy atom. The third-order valence-electron chi connectivity index (χ3n) is 4.36. The van der Waals surface area contributed by atoms with Gasteiger partial charge in [-0.3, -0.25) is 4.79 Å². The average Bonchev–Trinajstić information content (AvgIpc) is 2.78. The van der Waals surface area contributed by atoms with Gasteiger partial charge in [-0.2, -0.15) is 0 Å². The summed E-state index contributed by atoms with van der Waals surface area (Å²) in [6, 6.07) is 0.552. The van der Waals surface area contributed by atoms with E-state index in [9.17, 15) is 4.79 Å². The maximum atomic E-state index is 12.2. The predicted molar refractivity (Wildman–Crippen MR) is 66.2 cm³/mol. The zero-order chi connectivity index (χ0) is 11.4. The molecule has 0 unspecified atom stereocenters. The molecule has 1 amide bonds. The lowest BCUT2D eigenvalue weighted by atomic mass is 9.86. The highest BCUT2D eigenvalue weighted by Crippen LogP contribution is 2.28. The fourth-order valence-corrected chi connectivity index (χ4v) is 3.34. The summed E-state index contributed by atoms with van der Waals surface area (Å²) in [5, 5.41) is 0. The first-order valence-electron chi connectivity index (χ1n) is 7.10. The fraction of sp³-hybridized carbons (Fsp3) is 0.929. The van der Waals surface area contributed by atoms with Crippen molar-refractivity contribution in [3.63, 3.8) is 0 Å². The summed E-state index contributed by atoms with van der Waals surface area (Å²) in [5.74, 6) is 1.13. The van der Waals surface area contributed by atoms with E-state index in [-0.39, 0.29) is 0 Å². The van der Waals surface area contributed by atoms with Gasteiger partial charge in [0.2, 0.25) is 5.91 Å². The number of carbonyl (C=O) groups is 1. The highest BCUT2D eigenvalue weighted by molar-refractivity contribution is 5.77. The van der Waals surface area contributed by atoms with Gasteiger partial charge in [-0.25, -0.2) is 0 Å². The van der Waals surface area contributed by atoms with Gasteiger partial charge in [-0.1, -0.05) is 26.2 Å². The Morgan fingerprint density at radius 2 is 1.88 bits per heavy atom. The molecule has 0 aromatic carbocycles. The molecule has 2 nitrogen and oxygen atoms in total. The Balaban J connectivity index is 1.82. The Bertz CT molecular complexity index is 233. The van der Waals surface area contributed by atoms with Crippen molar-refractivity contribution in [3.05, 3.63) is 0 Å². The van der Waals surface area contributed by atoms with Gasteiger partial charge in [0.15, 0.2) is 0 Å². The largest absolute Gasteiger partial charge is 0.340 e. The van der Waals surface area contributed by atoms with Crippen molar-refractivity contribution in [2.75, 3.05) is 6.54 Å². The summed E-state index contributed by atoms with van der Waals surface area (Å²) in [7, 11) is 0. The van der Waals surface area contributed by atoms with E-state index in [1.165, 1.54) is 44.9 Å². The lowest BCUT2D eigenvalue weighted by Crippen LogP contribution is -2.36. The van der Waals surface area contributed by atoms with E-state index in [0.717, 1.165) is 19.4 Å². The van der Waals surface area contributed by atoms with Crippen molar-refractivity contribution in [1.29, 1.82) is 0 Å². The maximum absolute atomic E-state index is 12.2. The first-order chi connectivity index (χ1) is 7.81. The second-order valence-electron chi connectivity index (χ2n) is 5.50. The molecule has 1 heterocycles. The number of hydrogen-bond acceptors (Lipinski definition) is 1. The van der Waals surface area contributed by atoms with Crippen LogP contribution in [0.4, 0.5) is 0 Å². The Labute approximate surface area is 99.4 Å². The first-order valence-corrected chi connectivity index (χ1v) is 7.10. The molecule has 2 rings (SSSR count). The van der Waals surface area contributed by atoms with E-state index in [2.05, 4.69) is 11.8 Å². The molecule has 16 heavy (non-hydrogen) atoms. The molecular formula is C14H25NO. The molecule has 0 spiro atoms. The van der Waals surface area contributed by atoms with Gasteiger partial charge < -0.3 is 4.90 Å². The minimum absolute atomic E-state index is 0.441. The van der Waals surface area contributed by atoms with Crippen LogP contribution in [0.5, 0.6) is 0 Å². The molecular weight excluding hydrogens is 198 g/mol. The van der Waals surface area contributed by atoms with Crippen LogP contribution < -0.4 is 0 Å². The zero-order valence-electron chi connectivity index (χ0n) is 10.6. The van der Waals surface area contributed by atoms with Crippen molar-refractivity contribution in [1.82, 2.24) is 4.90 Å². The highest BCUT2D eigenvalue weighted by atomic mass is 16.2. The molecule has 0 N–H and O–H groups in total. The van der Waals surface area contributed by atoms with Crippen LogP contribution in [0.1, 0.15) is 64.7 Å². The van der Waals surface area contributed by atoms with Crippen molar-refractivity contribution in [2.45, 2.75) is 70.8 Å². The van der Waals surface area contributed by atoms with Crippen molar-refractivity contribution < 1.29 is 4.79 Å². The second kappa shape index (κ2) is 5.70. The Hall–Kier alpha value is -0.530. The SMILES string of the molecule is CC[C@@H]1CCCN1C(=O)CC1CCCCC1. The van der Waals surface area contributed by atoms with E-state index < -0.39 is 0 Å². The van der Waals surface area contributed by atoms with Gasteiger partial charge in [0.25, 0.3) is 0 Å². The van der Waals surface area contributed by atoms with Crippen LogP contribution in [-0.4, -0.2) is 23.4 Å². The third-order valence-corrected chi connectivity index (χ3v) is 4.36. The normalized spacial score (nSPS) is 27.3. The van der Waals surface area contributed by atoms with Gasteiger partial charge >= 0.3 is 0 Å². The van der Waals surface area contributed by atoms with Crippen LogP contribution >= 0.6 is 0 Å². The summed E-state index contributed by atoms with van der Waals surface area (Å²) >= 11 is 0. The second-order valence-corrected chi connectivity index (χ2v) is 5.50. The maximum Gasteiger partial charge on any atom is 0.223 e. The molecule has 1 aliphatic heterocycles. The van der Waals surface area contributed by atoms with Crippen LogP contribution in [0, 0.1) is 5.92 Å². The van der Waals surface area contributed by atoms with Crippen LogP contribution in [0.15, 0.2) is 0 Å². The predicted octanol–water partition coefficient (Wildman–Crippen LogP) is 3.36. The van der Waals surface area contributed by atoms with Crippen molar-refractivity contribution in [2.24, 2.45) is 5.92 Å². The van der Waals surface area contributed by atoms with Gasteiger partial charge in [-0.15, -0.1) is 0 Å². The molecule has 0 aromatic heterocycles. The summed E-state index contributed by atoms with van der Waals surface area (Å²) < 4.78 is 0. The molecule has 2 fully saturated rings. The lowest BCUT2D eigenvalue weighted by molar-refractivity contribution is -0.133. The van der Waals surface area contributed by atoms with Crippen LogP contribution in [0.2, 0.25) is 0 Å². The molecule has 2 aliphatic rings. The standard InChI is InChI=1S/C14H25NO/c1-2-13-9-6-10-15(13)14(16)11-12-7-4-3-5-8-12/h12-13H,2-11H2,1H3/t13-/m1/s1. The van der Waals surface area contributed by atoms with Crippen molar-refractivity contribution >= 4 is 5.91 Å². The minimum atomic E-state index is 0.441. The molecule has 92 valence electrons. The number of rotatable bonds is 3. The van der Waals surface area contributed by atoms with Crippen LogP contribution in [-0.2, 0) is 4.79 Å². The van der Waals surface area contributed by atoms with E-state index in [1.807, 2.05) is 0 Å². The quantitative estimate of drug-likeness (QED) is 0.718. The number of likely N-dealkylation sites (tertiary alicyclic amines) is 1. The molecule has 1 saturated heterocycles. The highest BCUT2D eigenvalue weighted by Gasteiger charge is 2.28. The minimum Gasteiger partial charge on any atom is -0.340 e. The number of amides is 1. The molecule has 1 saturated carbocycles. The molecule has 2 heteroatoms. The monoisotopic (exact) mass is 223 g/mol. The van der Waals surface area contributed by atoms with Gasteiger partial charge in [0.1, 0.15) is 0 Å². The Kier molecular flexibility index (Phi) is 4.25. The van der Waals surface area contributed by atoms with Crippen LogP contribution in [0.3, 0.4) is 0 Å². The molecule has 0 bridgehead atoms. The summed E-state index contributed by atoms with van der Waals surface area (Å²) in [6.07, 6.45) is 11.1. The third kappa shape index (κ3) is 2.78. The van der Waals surface area contributed by atoms with E-state index in [1.54, 1.807) is 0 Å². The fourth-order valence-electron chi connectivity index (χ4n) is 3.34.